The Hall–Kier alpha value is -2.00. The van der Waals surface area contributed by atoms with Crippen LogP contribution >= 0.6 is 11.6 Å². The molecule has 0 aliphatic heterocycles. The molecule has 2 aromatic carbocycles. The first-order chi connectivity index (χ1) is 8.56. The van der Waals surface area contributed by atoms with Crippen molar-refractivity contribution in [1.29, 1.82) is 0 Å². The molecule has 2 rings (SSSR count). The third-order valence-corrected chi connectivity index (χ3v) is 2.72. The first kappa shape index (κ1) is 12.5. The van der Waals surface area contributed by atoms with Crippen molar-refractivity contribution >= 4 is 17.6 Å². The van der Waals surface area contributed by atoms with Crippen LogP contribution < -0.4 is 4.74 Å². The number of aromatic carboxylic acids is 1. The molecular formula is C14H11ClO3. The highest BCUT2D eigenvalue weighted by atomic mass is 35.5. The molecule has 0 saturated heterocycles. The summed E-state index contributed by atoms with van der Waals surface area (Å²) in [6.07, 6.45) is 0. The number of benzene rings is 2. The van der Waals surface area contributed by atoms with Crippen molar-refractivity contribution < 1.29 is 14.6 Å². The number of carbonyl (C=O) groups is 1. The zero-order valence-electron chi connectivity index (χ0n) is 9.68. The smallest absolute Gasteiger partial charge is 0.335 e. The van der Waals surface area contributed by atoms with Crippen molar-refractivity contribution in [3.05, 3.63) is 58.6 Å². The highest BCUT2D eigenvalue weighted by Crippen LogP contribution is 2.30. The lowest BCUT2D eigenvalue weighted by Crippen LogP contribution is -1.96. The molecule has 18 heavy (non-hydrogen) atoms. The molecule has 0 fully saturated rings. The number of rotatable bonds is 3. The van der Waals surface area contributed by atoms with Crippen molar-refractivity contribution in [3.63, 3.8) is 0 Å². The van der Waals surface area contributed by atoms with E-state index in [0.29, 0.717) is 11.5 Å². The van der Waals surface area contributed by atoms with E-state index in [1.807, 2.05) is 31.2 Å². The normalized spacial score (nSPS) is 10.1. The van der Waals surface area contributed by atoms with Gasteiger partial charge in [0.1, 0.15) is 11.5 Å². The molecular weight excluding hydrogens is 252 g/mol. The van der Waals surface area contributed by atoms with Crippen molar-refractivity contribution in [2.75, 3.05) is 0 Å². The Morgan fingerprint density at radius 3 is 2.39 bits per heavy atom. The lowest BCUT2D eigenvalue weighted by atomic mass is 10.2. The maximum atomic E-state index is 10.8. The third kappa shape index (κ3) is 2.81. The van der Waals surface area contributed by atoms with Crippen LogP contribution in [0.1, 0.15) is 15.9 Å². The summed E-state index contributed by atoms with van der Waals surface area (Å²) in [5, 5.41) is 9.09. The molecule has 0 unspecified atom stereocenters. The minimum absolute atomic E-state index is 0.135. The van der Waals surface area contributed by atoms with E-state index in [2.05, 4.69) is 0 Å². The van der Waals surface area contributed by atoms with E-state index >= 15 is 0 Å². The quantitative estimate of drug-likeness (QED) is 0.904. The maximum Gasteiger partial charge on any atom is 0.335 e. The third-order valence-electron chi connectivity index (χ3n) is 2.43. The van der Waals surface area contributed by atoms with Gasteiger partial charge >= 0.3 is 5.97 Å². The summed E-state index contributed by atoms with van der Waals surface area (Å²) < 4.78 is 5.57. The van der Waals surface area contributed by atoms with Crippen LogP contribution in [-0.2, 0) is 0 Å². The molecule has 0 heterocycles. The highest BCUT2D eigenvalue weighted by molar-refractivity contribution is 6.32. The van der Waals surface area contributed by atoms with Gasteiger partial charge in [-0.05, 0) is 37.3 Å². The summed E-state index contributed by atoms with van der Waals surface area (Å²) in [6, 6.07) is 11.9. The standard InChI is InChI=1S/C14H11ClO3/c1-9-2-5-11(6-3-9)18-13-7-4-10(14(16)17)8-12(13)15/h2-8H,1H3,(H,16,17). The summed E-state index contributed by atoms with van der Waals surface area (Å²) in [5.74, 6) is 0.0786. The number of hydrogen-bond donors (Lipinski definition) is 1. The van der Waals surface area contributed by atoms with Gasteiger partial charge in [0, 0.05) is 0 Å². The second kappa shape index (κ2) is 5.10. The van der Waals surface area contributed by atoms with Crippen molar-refractivity contribution in [3.8, 4) is 11.5 Å². The van der Waals surface area contributed by atoms with Crippen molar-refractivity contribution in [2.24, 2.45) is 0 Å². The van der Waals surface area contributed by atoms with E-state index in [0.717, 1.165) is 5.56 Å². The minimum Gasteiger partial charge on any atom is -0.478 e. The predicted octanol–water partition coefficient (Wildman–Crippen LogP) is 4.14. The fraction of sp³-hybridized carbons (Fsp3) is 0.0714. The minimum atomic E-state index is -1.02. The number of aryl methyl sites for hydroxylation is 1. The van der Waals surface area contributed by atoms with Gasteiger partial charge in [0.05, 0.1) is 10.6 Å². The monoisotopic (exact) mass is 262 g/mol. The van der Waals surface area contributed by atoms with E-state index in [9.17, 15) is 4.79 Å². The van der Waals surface area contributed by atoms with Crippen LogP contribution in [0.2, 0.25) is 5.02 Å². The molecule has 0 radical (unpaired) electrons. The van der Waals surface area contributed by atoms with Crippen LogP contribution in [0.4, 0.5) is 0 Å². The number of hydrogen-bond acceptors (Lipinski definition) is 2. The van der Waals surface area contributed by atoms with Crippen molar-refractivity contribution in [1.82, 2.24) is 0 Å². The second-order valence-electron chi connectivity index (χ2n) is 3.87. The van der Waals surface area contributed by atoms with E-state index in [-0.39, 0.29) is 10.6 Å². The summed E-state index contributed by atoms with van der Waals surface area (Å²) in [7, 11) is 0. The Morgan fingerprint density at radius 2 is 1.83 bits per heavy atom. The summed E-state index contributed by atoms with van der Waals surface area (Å²) in [4.78, 5) is 10.8. The molecule has 0 aromatic heterocycles. The molecule has 0 atom stereocenters. The largest absolute Gasteiger partial charge is 0.478 e. The summed E-state index contributed by atoms with van der Waals surface area (Å²) in [6.45, 7) is 1.98. The average Bonchev–Trinajstić information content (AvgIpc) is 2.34. The molecule has 0 amide bonds. The Kier molecular flexibility index (Phi) is 3.53. The maximum absolute atomic E-state index is 10.8. The van der Waals surface area contributed by atoms with Gasteiger partial charge in [0.2, 0.25) is 0 Å². The van der Waals surface area contributed by atoms with Crippen LogP contribution in [0.5, 0.6) is 11.5 Å². The SMILES string of the molecule is Cc1ccc(Oc2ccc(C(=O)O)cc2Cl)cc1. The van der Waals surface area contributed by atoms with Gasteiger partial charge in [-0.15, -0.1) is 0 Å². The Morgan fingerprint density at radius 1 is 1.17 bits per heavy atom. The Labute approximate surface area is 110 Å². The Bertz CT molecular complexity index is 576. The van der Waals surface area contributed by atoms with Gasteiger partial charge < -0.3 is 9.84 Å². The van der Waals surface area contributed by atoms with E-state index < -0.39 is 5.97 Å². The van der Waals surface area contributed by atoms with Crippen LogP contribution in [0, 0.1) is 6.92 Å². The Balaban J connectivity index is 2.24. The number of ether oxygens (including phenoxy) is 1. The number of carboxylic acid groups (broad SMARTS) is 1. The lowest BCUT2D eigenvalue weighted by molar-refractivity contribution is 0.0697. The molecule has 0 aliphatic rings. The summed E-state index contributed by atoms with van der Waals surface area (Å²) in [5.41, 5.74) is 1.27. The first-order valence-corrected chi connectivity index (χ1v) is 5.71. The van der Waals surface area contributed by atoms with E-state index in [1.54, 1.807) is 6.07 Å². The molecule has 0 spiro atoms. The lowest BCUT2D eigenvalue weighted by Gasteiger charge is -2.08. The molecule has 3 nitrogen and oxygen atoms in total. The molecule has 0 bridgehead atoms. The molecule has 92 valence electrons. The molecule has 0 aliphatic carbocycles. The van der Waals surface area contributed by atoms with Crippen LogP contribution in [0.3, 0.4) is 0 Å². The van der Waals surface area contributed by atoms with Crippen LogP contribution in [0.15, 0.2) is 42.5 Å². The fourth-order valence-corrected chi connectivity index (χ4v) is 1.67. The van der Waals surface area contributed by atoms with Crippen molar-refractivity contribution in [2.45, 2.75) is 6.92 Å². The highest BCUT2D eigenvalue weighted by Gasteiger charge is 2.08. The average molecular weight is 263 g/mol. The van der Waals surface area contributed by atoms with Gasteiger partial charge in [0.25, 0.3) is 0 Å². The van der Waals surface area contributed by atoms with E-state index in [4.69, 9.17) is 21.4 Å². The van der Waals surface area contributed by atoms with Gasteiger partial charge in [-0.2, -0.15) is 0 Å². The molecule has 2 aromatic rings. The zero-order chi connectivity index (χ0) is 13.1. The van der Waals surface area contributed by atoms with Gasteiger partial charge in [-0.3, -0.25) is 0 Å². The molecule has 4 heteroatoms. The number of carboxylic acids is 1. The summed E-state index contributed by atoms with van der Waals surface area (Å²) >= 11 is 5.97. The predicted molar refractivity (Wildman–Crippen MR) is 69.7 cm³/mol. The number of halogens is 1. The van der Waals surface area contributed by atoms with Crippen LogP contribution in [0.25, 0.3) is 0 Å². The topological polar surface area (TPSA) is 46.5 Å². The first-order valence-electron chi connectivity index (χ1n) is 5.33. The zero-order valence-corrected chi connectivity index (χ0v) is 10.4. The van der Waals surface area contributed by atoms with Gasteiger partial charge in [-0.1, -0.05) is 29.3 Å². The van der Waals surface area contributed by atoms with Gasteiger partial charge in [0.15, 0.2) is 0 Å². The molecule has 1 N–H and O–H groups in total. The van der Waals surface area contributed by atoms with E-state index in [1.165, 1.54) is 12.1 Å². The second-order valence-corrected chi connectivity index (χ2v) is 4.27. The molecule has 0 saturated carbocycles. The van der Waals surface area contributed by atoms with Gasteiger partial charge in [-0.25, -0.2) is 4.79 Å². The fourth-order valence-electron chi connectivity index (χ4n) is 1.45. The van der Waals surface area contributed by atoms with Crippen LogP contribution in [-0.4, -0.2) is 11.1 Å².